The SMILES string of the molecule is COC(=O)[C@H](CN1CC(Br)=CC(O)C1)NC(=O)OC(C)(C)C. The first-order valence-corrected chi connectivity index (χ1v) is 7.74. The lowest BCUT2D eigenvalue weighted by molar-refractivity contribution is -0.143. The van der Waals surface area contributed by atoms with Gasteiger partial charge in [-0.1, -0.05) is 15.9 Å². The number of nitrogens with one attached hydrogen (secondary N) is 1. The molecular weight excluding hydrogens is 356 g/mol. The second-order valence-electron chi connectivity index (χ2n) is 6.10. The molecule has 2 N–H and O–H groups in total. The van der Waals surface area contributed by atoms with Gasteiger partial charge in [0.2, 0.25) is 0 Å². The number of hydrogen-bond acceptors (Lipinski definition) is 6. The molecule has 0 aliphatic carbocycles. The molecule has 0 aromatic carbocycles. The van der Waals surface area contributed by atoms with Gasteiger partial charge in [0.25, 0.3) is 0 Å². The van der Waals surface area contributed by atoms with E-state index in [2.05, 4.69) is 21.2 Å². The van der Waals surface area contributed by atoms with Crippen molar-refractivity contribution in [2.75, 3.05) is 26.7 Å². The number of alkyl carbamates (subject to hydrolysis) is 1. The van der Waals surface area contributed by atoms with Gasteiger partial charge in [-0.2, -0.15) is 0 Å². The summed E-state index contributed by atoms with van der Waals surface area (Å²) in [4.78, 5) is 25.5. The standard InChI is InChI=1S/C14H23BrN2O5/c1-14(2,3)22-13(20)16-11(12(19)21-4)8-17-6-9(15)5-10(18)7-17/h5,10-11,18H,6-8H2,1-4H3,(H,16,20)/t10?,11-/m0/s1. The van der Waals surface area contributed by atoms with Gasteiger partial charge in [-0.25, -0.2) is 9.59 Å². The Balaban J connectivity index is 2.67. The molecule has 1 heterocycles. The second kappa shape index (κ2) is 7.94. The Hall–Kier alpha value is -1.12. The van der Waals surface area contributed by atoms with Crippen molar-refractivity contribution in [1.82, 2.24) is 10.2 Å². The minimum atomic E-state index is -0.870. The van der Waals surface area contributed by atoms with Gasteiger partial charge in [0.15, 0.2) is 0 Å². The highest BCUT2D eigenvalue weighted by atomic mass is 79.9. The third-order valence-corrected chi connectivity index (χ3v) is 3.33. The van der Waals surface area contributed by atoms with Crippen LogP contribution in [-0.2, 0) is 14.3 Å². The molecule has 0 bridgehead atoms. The number of ether oxygens (including phenoxy) is 2. The van der Waals surface area contributed by atoms with Crippen LogP contribution in [0.15, 0.2) is 10.6 Å². The number of aliphatic hydroxyl groups excluding tert-OH is 1. The minimum absolute atomic E-state index is 0.214. The zero-order chi connectivity index (χ0) is 16.9. The Morgan fingerprint density at radius 3 is 2.68 bits per heavy atom. The van der Waals surface area contributed by atoms with Crippen LogP contribution in [0.3, 0.4) is 0 Å². The largest absolute Gasteiger partial charge is 0.467 e. The van der Waals surface area contributed by atoms with Crippen LogP contribution in [0.4, 0.5) is 4.79 Å². The van der Waals surface area contributed by atoms with Crippen LogP contribution in [0.1, 0.15) is 20.8 Å². The van der Waals surface area contributed by atoms with Crippen LogP contribution in [-0.4, -0.2) is 66.6 Å². The van der Waals surface area contributed by atoms with Crippen molar-refractivity contribution in [3.8, 4) is 0 Å². The van der Waals surface area contributed by atoms with Crippen molar-refractivity contribution in [1.29, 1.82) is 0 Å². The fourth-order valence-electron chi connectivity index (χ4n) is 2.03. The maximum Gasteiger partial charge on any atom is 0.408 e. The van der Waals surface area contributed by atoms with Gasteiger partial charge in [0.1, 0.15) is 11.6 Å². The van der Waals surface area contributed by atoms with E-state index in [9.17, 15) is 14.7 Å². The number of carbonyl (C=O) groups is 2. The number of methoxy groups -OCH3 is 1. The monoisotopic (exact) mass is 378 g/mol. The zero-order valence-corrected chi connectivity index (χ0v) is 14.8. The number of amides is 1. The van der Waals surface area contributed by atoms with Gasteiger partial charge in [0, 0.05) is 24.1 Å². The van der Waals surface area contributed by atoms with E-state index in [0.29, 0.717) is 13.1 Å². The van der Waals surface area contributed by atoms with Gasteiger partial charge >= 0.3 is 12.1 Å². The summed E-state index contributed by atoms with van der Waals surface area (Å²) in [5, 5.41) is 12.2. The highest BCUT2D eigenvalue weighted by Crippen LogP contribution is 2.16. The molecule has 0 saturated carbocycles. The van der Waals surface area contributed by atoms with E-state index < -0.39 is 29.8 Å². The average Bonchev–Trinajstić information content (AvgIpc) is 2.33. The molecule has 0 fully saturated rings. The molecule has 0 radical (unpaired) electrons. The molecule has 1 unspecified atom stereocenters. The van der Waals surface area contributed by atoms with E-state index in [1.54, 1.807) is 26.8 Å². The van der Waals surface area contributed by atoms with Gasteiger partial charge in [-0.3, -0.25) is 4.90 Å². The third-order valence-electron chi connectivity index (χ3n) is 2.81. The van der Waals surface area contributed by atoms with Crippen LogP contribution >= 0.6 is 15.9 Å². The van der Waals surface area contributed by atoms with Gasteiger partial charge in [0.05, 0.1) is 13.2 Å². The first-order chi connectivity index (χ1) is 10.1. The molecule has 126 valence electrons. The summed E-state index contributed by atoms with van der Waals surface area (Å²) < 4.78 is 10.7. The third kappa shape index (κ3) is 6.76. The lowest BCUT2D eigenvalue weighted by Crippen LogP contribution is -2.52. The number of β-amino-alcohol motifs (C(OH)–C–C–N with tert-alkyl or cyclic N) is 1. The normalized spacial score (nSPS) is 20.8. The molecule has 1 rings (SSSR count). The number of nitrogens with zero attached hydrogens (tertiary/aromatic N) is 1. The number of esters is 1. The van der Waals surface area contributed by atoms with Crippen LogP contribution < -0.4 is 5.32 Å². The highest BCUT2D eigenvalue weighted by Gasteiger charge is 2.28. The topological polar surface area (TPSA) is 88.1 Å². The Morgan fingerprint density at radius 1 is 1.55 bits per heavy atom. The molecule has 1 aliphatic heterocycles. The molecule has 2 atom stereocenters. The van der Waals surface area contributed by atoms with E-state index in [1.807, 2.05) is 4.90 Å². The molecule has 0 aromatic rings. The van der Waals surface area contributed by atoms with Crippen molar-refractivity contribution in [3.05, 3.63) is 10.6 Å². The summed E-state index contributed by atoms with van der Waals surface area (Å²) in [6.45, 7) is 6.35. The minimum Gasteiger partial charge on any atom is -0.467 e. The summed E-state index contributed by atoms with van der Waals surface area (Å²) in [5.41, 5.74) is -0.655. The van der Waals surface area contributed by atoms with E-state index >= 15 is 0 Å². The first-order valence-electron chi connectivity index (χ1n) is 6.94. The Kier molecular flexibility index (Phi) is 6.83. The number of aliphatic hydroxyl groups is 1. The fraction of sp³-hybridized carbons (Fsp3) is 0.714. The summed E-state index contributed by atoms with van der Waals surface area (Å²) in [7, 11) is 1.26. The summed E-state index contributed by atoms with van der Waals surface area (Å²) in [5.74, 6) is -0.564. The number of halogens is 1. The molecule has 8 heteroatoms. The van der Waals surface area contributed by atoms with Crippen molar-refractivity contribution in [2.24, 2.45) is 0 Å². The van der Waals surface area contributed by atoms with E-state index in [1.165, 1.54) is 7.11 Å². The smallest absolute Gasteiger partial charge is 0.408 e. The van der Waals surface area contributed by atoms with E-state index in [4.69, 9.17) is 9.47 Å². The van der Waals surface area contributed by atoms with Gasteiger partial charge < -0.3 is 19.9 Å². The van der Waals surface area contributed by atoms with Crippen molar-refractivity contribution in [3.63, 3.8) is 0 Å². The Morgan fingerprint density at radius 2 is 2.18 bits per heavy atom. The summed E-state index contributed by atoms with van der Waals surface area (Å²) in [6.07, 6.45) is 0.392. The molecular formula is C14H23BrN2O5. The summed E-state index contributed by atoms with van der Waals surface area (Å²) in [6, 6.07) is -0.870. The lowest BCUT2D eigenvalue weighted by Gasteiger charge is -2.31. The fourth-order valence-corrected chi connectivity index (χ4v) is 2.69. The number of carbonyl (C=O) groups excluding carboxylic acids is 2. The van der Waals surface area contributed by atoms with Crippen molar-refractivity contribution < 1.29 is 24.2 Å². The maximum absolute atomic E-state index is 11.8. The predicted octanol–water partition coefficient (Wildman–Crippen LogP) is 1.01. The molecule has 0 spiro atoms. The zero-order valence-electron chi connectivity index (χ0n) is 13.3. The van der Waals surface area contributed by atoms with Gasteiger partial charge in [-0.15, -0.1) is 0 Å². The molecule has 1 aliphatic rings. The van der Waals surface area contributed by atoms with Crippen LogP contribution in [0, 0.1) is 0 Å². The van der Waals surface area contributed by atoms with E-state index in [0.717, 1.165) is 4.48 Å². The predicted molar refractivity (Wildman–Crippen MR) is 84.6 cm³/mol. The van der Waals surface area contributed by atoms with Crippen molar-refractivity contribution >= 4 is 28.0 Å². The van der Waals surface area contributed by atoms with E-state index in [-0.39, 0.29) is 6.54 Å². The molecule has 0 saturated heterocycles. The highest BCUT2D eigenvalue weighted by molar-refractivity contribution is 9.11. The van der Waals surface area contributed by atoms with Crippen LogP contribution in [0.2, 0.25) is 0 Å². The molecule has 22 heavy (non-hydrogen) atoms. The lowest BCUT2D eigenvalue weighted by atomic mass is 10.2. The first kappa shape index (κ1) is 18.9. The quantitative estimate of drug-likeness (QED) is 0.709. The number of rotatable bonds is 4. The molecule has 0 aromatic heterocycles. The van der Waals surface area contributed by atoms with Crippen molar-refractivity contribution in [2.45, 2.75) is 38.5 Å². The maximum atomic E-state index is 11.8. The second-order valence-corrected chi connectivity index (χ2v) is 7.12. The Labute approximate surface area is 138 Å². The van der Waals surface area contributed by atoms with Gasteiger partial charge in [-0.05, 0) is 26.8 Å². The average molecular weight is 379 g/mol. The van der Waals surface area contributed by atoms with Crippen LogP contribution in [0.5, 0.6) is 0 Å². The molecule has 7 nitrogen and oxygen atoms in total. The summed E-state index contributed by atoms with van der Waals surface area (Å²) >= 11 is 3.33. The van der Waals surface area contributed by atoms with Crippen LogP contribution in [0.25, 0.3) is 0 Å². The number of hydrogen-bond donors (Lipinski definition) is 2. The molecule has 1 amide bonds. The Bertz CT molecular complexity index is 447.